The van der Waals surface area contributed by atoms with E-state index in [0.717, 1.165) is 0 Å². The van der Waals surface area contributed by atoms with Gasteiger partial charge in [0.15, 0.2) is 0 Å². The first-order chi connectivity index (χ1) is 7.16. The third-order valence-corrected chi connectivity index (χ3v) is 4.73. The Labute approximate surface area is 104 Å². The van der Waals surface area contributed by atoms with Gasteiger partial charge in [0.1, 0.15) is 0 Å². The summed E-state index contributed by atoms with van der Waals surface area (Å²) in [6.45, 7) is 6.00. The first-order valence-corrected chi connectivity index (χ1v) is 5.99. The van der Waals surface area contributed by atoms with E-state index in [1.807, 2.05) is 0 Å². The van der Waals surface area contributed by atoms with Crippen LogP contribution in [0.25, 0.3) is 0 Å². The van der Waals surface area contributed by atoms with Crippen LogP contribution >= 0.6 is 12.4 Å². The largest absolute Gasteiger partial charge is 0.307 e. The van der Waals surface area contributed by atoms with Crippen molar-refractivity contribution in [3.05, 3.63) is 35.4 Å². The number of hydrogen-bond donors (Lipinski definition) is 1. The number of nitrogens with one attached hydrogen (secondary N) is 1. The zero-order chi connectivity index (χ0) is 10.5. The van der Waals surface area contributed by atoms with Gasteiger partial charge >= 0.3 is 0 Å². The molecule has 88 valence electrons. The molecular formula is C14H20ClN. The zero-order valence-corrected chi connectivity index (χ0v) is 10.9. The predicted molar refractivity (Wildman–Crippen MR) is 70.1 cm³/mol. The SMILES string of the molecule is C[C@]12CCCN[C@@]1(C)c1ccccc1C2.Cl. The van der Waals surface area contributed by atoms with Crippen LogP contribution in [0.4, 0.5) is 0 Å². The minimum atomic E-state index is 0. The van der Waals surface area contributed by atoms with Crippen LogP contribution in [0.3, 0.4) is 0 Å². The fourth-order valence-electron chi connectivity index (χ4n) is 3.55. The Kier molecular flexibility index (Phi) is 2.80. The average molecular weight is 238 g/mol. The van der Waals surface area contributed by atoms with E-state index in [4.69, 9.17) is 0 Å². The van der Waals surface area contributed by atoms with E-state index in [1.54, 1.807) is 5.56 Å². The van der Waals surface area contributed by atoms with Gasteiger partial charge in [0, 0.05) is 5.54 Å². The Morgan fingerprint density at radius 1 is 1.19 bits per heavy atom. The minimum absolute atomic E-state index is 0. The second-order valence-electron chi connectivity index (χ2n) is 5.55. The number of halogens is 1. The molecule has 0 aromatic heterocycles. The van der Waals surface area contributed by atoms with Crippen molar-refractivity contribution in [1.29, 1.82) is 0 Å². The summed E-state index contributed by atoms with van der Waals surface area (Å²) < 4.78 is 0. The van der Waals surface area contributed by atoms with Gasteiger partial charge in [0.05, 0.1) is 0 Å². The molecule has 0 saturated carbocycles. The van der Waals surface area contributed by atoms with E-state index in [2.05, 4.69) is 43.4 Å². The molecule has 1 aliphatic heterocycles. The van der Waals surface area contributed by atoms with Crippen molar-refractivity contribution < 1.29 is 0 Å². The molecule has 1 aliphatic carbocycles. The average Bonchev–Trinajstić information content (AvgIpc) is 2.47. The van der Waals surface area contributed by atoms with Crippen molar-refractivity contribution in [3.63, 3.8) is 0 Å². The quantitative estimate of drug-likeness (QED) is 0.731. The molecule has 1 heterocycles. The summed E-state index contributed by atoms with van der Waals surface area (Å²) in [6, 6.07) is 8.94. The van der Waals surface area contributed by atoms with Crippen LogP contribution in [-0.4, -0.2) is 6.54 Å². The van der Waals surface area contributed by atoms with E-state index in [0.29, 0.717) is 5.41 Å². The fourth-order valence-corrected chi connectivity index (χ4v) is 3.55. The lowest BCUT2D eigenvalue weighted by atomic mass is 9.67. The Balaban J connectivity index is 0.000000963. The van der Waals surface area contributed by atoms with Gasteiger partial charge in [-0.1, -0.05) is 31.2 Å². The van der Waals surface area contributed by atoms with Crippen LogP contribution < -0.4 is 5.32 Å². The molecule has 1 fully saturated rings. The lowest BCUT2D eigenvalue weighted by Gasteiger charge is -2.46. The molecule has 2 heteroatoms. The second kappa shape index (κ2) is 3.75. The maximum Gasteiger partial charge on any atom is 0.0466 e. The van der Waals surface area contributed by atoms with Crippen molar-refractivity contribution in [2.45, 2.75) is 38.6 Å². The van der Waals surface area contributed by atoms with Gasteiger partial charge in [-0.15, -0.1) is 12.4 Å². The first kappa shape index (κ1) is 11.9. The third kappa shape index (κ3) is 1.34. The summed E-state index contributed by atoms with van der Waals surface area (Å²) in [5.74, 6) is 0. The van der Waals surface area contributed by atoms with Gasteiger partial charge in [-0.05, 0) is 49.3 Å². The standard InChI is InChI=1S/C14H19N.ClH/c1-13-8-5-9-15-14(13,2)12-7-4-3-6-11(12)10-13;/h3-4,6-7,15H,5,8-10H2,1-2H3;1H/t13-,14+;/m1./s1. The zero-order valence-electron chi connectivity index (χ0n) is 10.0. The molecule has 0 amide bonds. The molecule has 16 heavy (non-hydrogen) atoms. The molecule has 1 aromatic rings. The Morgan fingerprint density at radius 3 is 2.75 bits per heavy atom. The van der Waals surface area contributed by atoms with E-state index in [-0.39, 0.29) is 17.9 Å². The van der Waals surface area contributed by atoms with Crippen molar-refractivity contribution in [2.75, 3.05) is 6.54 Å². The fraction of sp³-hybridized carbons (Fsp3) is 0.571. The second-order valence-corrected chi connectivity index (χ2v) is 5.55. The number of rotatable bonds is 0. The smallest absolute Gasteiger partial charge is 0.0466 e. The highest BCUT2D eigenvalue weighted by molar-refractivity contribution is 5.85. The normalized spacial score (nSPS) is 36.1. The Morgan fingerprint density at radius 2 is 1.94 bits per heavy atom. The highest BCUT2D eigenvalue weighted by Gasteiger charge is 2.52. The highest BCUT2D eigenvalue weighted by atomic mass is 35.5. The van der Waals surface area contributed by atoms with Gasteiger partial charge in [-0.3, -0.25) is 0 Å². The van der Waals surface area contributed by atoms with Crippen molar-refractivity contribution >= 4 is 12.4 Å². The summed E-state index contributed by atoms with van der Waals surface area (Å²) in [5.41, 5.74) is 3.72. The lowest BCUT2D eigenvalue weighted by Crippen LogP contribution is -2.53. The van der Waals surface area contributed by atoms with E-state index in [1.165, 1.54) is 31.4 Å². The monoisotopic (exact) mass is 237 g/mol. The van der Waals surface area contributed by atoms with Crippen LogP contribution in [0.1, 0.15) is 37.8 Å². The van der Waals surface area contributed by atoms with Crippen LogP contribution in [0.5, 0.6) is 0 Å². The molecule has 2 aliphatic rings. The molecule has 1 aromatic carbocycles. The van der Waals surface area contributed by atoms with Gasteiger partial charge in [0.2, 0.25) is 0 Å². The van der Waals surface area contributed by atoms with Crippen molar-refractivity contribution in [3.8, 4) is 0 Å². The molecule has 1 nitrogen and oxygen atoms in total. The van der Waals surface area contributed by atoms with Crippen molar-refractivity contribution in [2.24, 2.45) is 5.41 Å². The molecule has 3 rings (SSSR count). The minimum Gasteiger partial charge on any atom is -0.307 e. The predicted octanol–water partition coefficient (Wildman–Crippen LogP) is 3.27. The number of benzene rings is 1. The maximum atomic E-state index is 3.75. The maximum absolute atomic E-state index is 3.75. The Bertz CT molecular complexity index is 403. The summed E-state index contributed by atoms with van der Waals surface area (Å²) in [6.07, 6.45) is 3.91. The third-order valence-electron chi connectivity index (χ3n) is 4.73. The molecule has 2 atom stereocenters. The molecule has 1 saturated heterocycles. The number of piperidine rings is 1. The van der Waals surface area contributed by atoms with Gasteiger partial charge in [-0.25, -0.2) is 0 Å². The molecule has 0 spiro atoms. The molecule has 1 N–H and O–H groups in total. The summed E-state index contributed by atoms with van der Waals surface area (Å²) >= 11 is 0. The molecule has 0 radical (unpaired) electrons. The first-order valence-electron chi connectivity index (χ1n) is 5.99. The molecule has 0 unspecified atom stereocenters. The summed E-state index contributed by atoms with van der Waals surface area (Å²) in [5, 5.41) is 3.75. The number of hydrogen-bond acceptors (Lipinski definition) is 1. The highest BCUT2D eigenvalue weighted by Crippen LogP contribution is 2.53. The molecular weight excluding hydrogens is 218 g/mol. The van der Waals surface area contributed by atoms with E-state index >= 15 is 0 Å². The van der Waals surface area contributed by atoms with Crippen LogP contribution in [0.15, 0.2) is 24.3 Å². The lowest BCUT2D eigenvalue weighted by molar-refractivity contribution is 0.0887. The summed E-state index contributed by atoms with van der Waals surface area (Å²) in [7, 11) is 0. The van der Waals surface area contributed by atoms with Gasteiger partial charge in [-0.2, -0.15) is 0 Å². The Hall–Kier alpha value is -0.530. The van der Waals surface area contributed by atoms with Crippen LogP contribution in [0, 0.1) is 5.41 Å². The van der Waals surface area contributed by atoms with Gasteiger partial charge in [0.25, 0.3) is 0 Å². The van der Waals surface area contributed by atoms with Crippen LogP contribution in [-0.2, 0) is 12.0 Å². The number of fused-ring (bicyclic) bond motifs is 3. The van der Waals surface area contributed by atoms with Crippen LogP contribution in [0.2, 0.25) is 0 Å². The molecule has 0 bridgehead atoms. The van der Waals surface area contributed by atoms with E-state index < -0.39 is 0 Å². The summed E-state index contributed by atoms with van der Waals surface area (Å²) in [4.78, 5) is 0. The van der Waals surface area contributed by atoms with Crippen molar-refractivity contribution in [1.82, 2.24) is 5.32 Å². The van der Waals surface area contributed by atoms with Gasteiger partial charge < -0.3 is 5.32 Å². The topological polar surface area (TPSA) is 12.0 Å². The van der Waals surface area contributed by atoms with E-state index in [9.17, 15) is 0 Å².